The molecule has 1 aliphatic carbocycles. The molecular weight excluding hydrogens is 262 g/mol. The van der Waals surface area contributed by atoms with Crippen LogP contribution in [-0.2, 0) is 6.42 Å². The molecule has 88 valence electrons. The van der Waals surface area contributed by atoms with Gasteiger partial charge in [0.25, 0.3) is 0 Å². The average molecular weight is 282 g/mol. The Hall–Kier alpha value is -0.340. The zero-order valence-corrected chi connectivity index (χ0v) is 11.9. The van der Waals surface area contributed by atoms with Crippen LogP contribution in [0.2, 0.25) is 0 Å². The molecule has 0 radical (unpaired) electrons. The molecule has 0 aliphatic heterocycles. The fourth-order valence-corrected chi connectivity index (χ4v) is 3.41. The van der Waals surface area contributed by atoms with Gasteiger partial charge < -0.3 is 5.32 Å². The van der Waals surface area contributed by atoms with Gasteiger partial charge in [0, 0.05) is 15.9 Å². The van der Waals surface area contributed by atoms with E-state index in [2.05, 4.69) is 60.3 Å². The molecule has 0 bridgehead atoms. The fourth-order valence-electron chi connectivity index (χ4n) is 2.73. The van der Waals surface area contributed by atoms with Gasteiger partial charge in [0.05, 0.1) is 0 Å². The Morgan fingerprint density at radius 2 is 2.12 bits per heavy atom. The summed E-state index contributed by atoms with van der Waals surface area (Å²) < 4.78 is 1.28. The maximum absolute atomic E-state index is 3.72. The smallest absolute Gasteiger partial charge is 0.0213 e. The van der Waals surface area contributed by atoms with Crippen molar-refractivity contribution in [2.45, 2.75) is 44.6 Å². The first-order chi connectivity index (χ1) is 7.56. The Bertz CT molecular complexity index is 384. The highest BCUT2D eigenvalue weighted by molar-refractivity contribution is 9.10. The van der Waals surface area contributed by atoms with E-state index in [9.17, 15) is 0 Å². The topological polar surface area (TPSA) is 12.0 Å². The molecule has 0 aromatic heterocycles. The van der Waals surface area contributed by atoms with Crippen LogP contribution in [0.25, 0.3) is 0 Å². The quantitative estimate of drug-likeness (QED) is 0.868. The zero-order chi connectivity index (χ0) is 11.8. The number of hydrogen-bond donors (Lipinski definition) is 1. The number of fused-ring (bicyclic) bond motifs is 1. The Kier molecular flexibility index (Phi) is 3.41. The van der Waals surface area contributed by atoms with Crippen LogP contribution in [0.1, 0.15) is 43.7 Å². The van der Waals surface area contributed by atoms with E-state index in [0.29, 0.717) is 5.92 Å². The summed E-state index contributed by atoms with van der Waals surface area (Å²) in [4.78, 5) is 0. The van der Waals surface area contributed by atoms with Gasteiger partial charge in [-0.15, -0.1) is 0 Å². The standard InChI is InChI=1S/C14H20BrN/c1-14(2,16-3)11-8-4-6-10-7-5-9-12(15)13(10)11/h5,7,9,11,16H,4,6,8H2,1-3H3. The van der Waals surface area contributed by atoms with Gasteiger partial charge in [-0.25, -0.2) is 0 Å². The fraction of sp³-hybridized carbons (Fsp3) is 0.571. The molecule has 0 saturated carbocycles. The maximum atomic E-state index is 3.72. The number of benzene rings is 1. The molecule has 2 rings (SSSR count). The van der Waals surface area contributed by atoms with Crippen molar-refractivity contribution in [1.82, 2.24) is 5.32 Å². The molecule has 0 heterocycles. The first-order valence-corrected chi connectivity index (χ1v) is 6.82. The molecule has 1 aliphatic rings. The SMILES string of the molecule is CNC(C)(C)C1CCCc2cccc(Br)c21. The Balaban J connectivity index is 2.47. The van der Waals surface area contributed by atoms with E-state index in [1.54, 1.807) is 0 Å². The normalized spacial score (nSPS) is 20.6. The second-order valence-electron chi connectivity index (χ2n) is 5.23. The van der Waals surface area contributed by atoms with Crippen molar-refractivity contribution in [3.05, 3.63) is 33.8 Å². The third-order valence-electron chi connectivity index (χ3n) is 3.95. The van der Waals surface area contributed by atoms with Gasteiger partial charge >= 0.3 is 0 Å². The van der Waals surface area contributed by atoms with Crippen molar-refractivity contribution in [2.24, 2.45) is 0 Å². The average Bonchev–Trinajstić information content (AvgIpc) is 2.29. The summed E-state index contributed by atoms with van der Waals surface area (Å²) in [5, 5.41) is 3.46. The minimum Gasteiger partial charge on any atom is -0.314 e. The molecule has 0 fully saturated rings. The first-order valence-electron chi connectivity index (χ1n) is 6.02. The maximum Gasteiger partial charge on any atom is 0.0213 e. The molecule has 1 atom stereocenters. The van der Waals surface area contributed by atoms with Crippen molar-refractivity contribution in [1.29, 1.82) is 0 Å². The molecule has 1 unspecified atom stereocenters. The summed E-state index contributed by atoms with van der Waals surface area (Å²) in [6.07, 6.45) is 3.81. The van der Waals surface area contributed by atoms with Crippen LogP contribution in [0.4, 0.5) is 0 Å². The van der Waals surface area contributed by atoms with Crippen molar-refractivity contribution in [2.75, 3.05) is 7.05 Å². The van der Waals surface area contributed by atoms with Crippen molar-refractivity contribution < 1.29 is 0 Å². The summed E-state index contributed by atoms with van der Waals surface area (Å²) in [6.45, 7) is 4.60. The first kappa shape index (κ1) is 12.1. The molecule has 0 amide bonds. The van der Waals surface area contributed by atoms with E-state index in [0.717, 1.165) is 0 Å². The summed E-state index contributed by atoms with van der Waals surface area (Å²) >= 11 is 3.72. The van der Waals surface area contributed by atoms with E-state index in [4.69, 9.17) is 0 Å². The highest BCUT2D eigenvalue weighted by atomic mass is 79.9. The van der Waals surface area contributed by atoms with Crippen LogP contribution in [0.5, 0.6) is 0 Å². The summed E-state index contributed by atoms with van der Waals surface area (Å²) in [5.74, 6) is 0.608. The van der Waals surface area contributed by atoms with Crippen molar-refractivity contribution in [3.8, 4) is 0 Å². The monoisotopic (exact) mass is 281 g/mol. The summed E-state index contributed by atoms with van der Waals surface area (Å²) in [5.41, 5.74) is 3.21. The van der Waals surface area contributed by atoms with E-state index < -0.39 is 0 Å². The Morgan fingerprint density at radius 3 is 2.81 bits per heavy atom. The van der Waals surface area contributed by atoms with Gasteiger partial charge in [-0.3, -0.25) is 0 Å². The molecule has 0 spiro atoms. The van der Waals surface area contributed by atoms with E-state index in [1.165, 1.54) is 34.9 Å². The van der Waals surface area contributed by atoms with Gasteiger partial charge in [-0.2, -0.15) is 0 Å². The minimum absolute atomic E-state index is 0.166. The third-order valence-corrected chi connectivity index (χ3v) is 4.64. The number of hydrogen-bond acceptors (Lipinski definition) is 1. The molecule has 0 saturated heterocycles. The van der Waals surface area contributed by atoms with E-state index in [1.807, 2.05) is 0 Å². The van der Waals surface area contributed by atoms with Gasteiger partial charge in [-0.1, -0.05) is 28.1 Å². The largest absolute Gasteiger partial charge is 0.314 e. The van der Waals surface area contributed by atoms with Crippen LogP contribution < -0.4 is 5.32 Å². The lowest BCUT2D eigenvalue weighted by Gasteiger charge is -2.39. The van der Waals surface area contributed by atoms with Crippen LogP contribution in [-0.4, -0.2) is 12.6 Å². The molecule has 1 aromatic rings. The lowest BCUT2D eigenvalue weighted by atomic mass is 9.73. The molecule has 1 aromatic carbocycles. The minimum atomic E-state index is 0.166. The van der Waals surface area contributed by atoms with E-state index >= 15 is 0 Å². The van der Waals surface area contributed by atoms with Gasteiger partial charge in [0.2, 0.25) is 0 Å². The number of rotatable bonds is 2. The van der Waals surface area contributed by atoms with Gasteiger partial charge in [0.1, 0.15) is 0 Å². The third kappa shape index (κ3) is 2.05. The zero-order valence-electron chi connectivity index (χ0n) is 10.3. The van der Waals surface area contributed by atoms with Crippen LogP contribution in [0, 0.1) is 0 Å². The molecule has 2 heteroatoms. The van der Waals surface area contributed by atoms with E-state index in [-0.39, 0.29) is 5.54 Å². The lowest BCUT2D eigenvalue weighted by molar-refractivity contribution is 0.312. The number of likely N-dealkylation sites (N-methyl/N-ethyl adjacent to an activating group) is 1. The number of aryl methyl sites for hydroxylation is 1. The lowest BCUT2D eigenvalue weighted by Crippen LogP contribution is -2.43. The highest BCUT2D eigenvalue weighted by Gasteiger charge is 2.33. The van der Waals surface area contributed by atoms with Crippen LogP contribution in [0.3, 0.4) is 0 Å². The predicted octanol–water partition coefficient (Wildman–Crippen LogP) is 3.87. The molecule has 16 heavy (non-hydrogen) atoms. The van der Waals surface area contributed by atoms with Gasteiger partial charge in [-0.05, 0) is 57.4 Å². The Morgan fingerprint density at radius 1 is 1.38 bits per heavy atom. The second kappa shape index (κ2) is 4.50. The molecule has 1 N–H and O–H groups in total. The summed E-state index contributed by atoms with van der Waals surface area (Å²) in [6, 6.07) is 6.60. The number of halogens is 1. The van der Waals surface area contributed by atoms with Crippen LogP contribution >= 0.6 is 15.9 Å². The highest BCUT2D eigenvalue weighted by Crippen LogP contribution is 2.42. The van der Waals surface area contributed by atoms with Crippen molar-refractivity contribution in [3.63, 3.8) is 0 Å². The van der Waals surface area contributed by atoms with Gasteiger partial charge in [0.15, 0.2) is 0 Å². The number of nitrogens with one attached hydrogen (secondary N) is 1. The molecule has 1 nitrogen and oxygen atoms in total. The second-order valence-corrected chi connectivity index (χ2v) is 6.08. The molecular formula is C14H20BrN. The Labute approximate surface area is 107 Å². The predicted molar refractivity (Wildman–Crippen MR) is 73.0 cm³/mol. The van der Waals surface area contributed by atoms with Crippen molar-refractivity contribution >= 4 is 15.9 Å². The van der Waals surface area contributed by atoms with Crippen LogP contribution in [0.15, 0.2) is 22.7 Å². The summed E-state index contributed by atoms with van der Waals surface area (Å²) in [7, 11) is 2.06.